The van der Waals surface area contributed by atoms with Gasteiger partial charge in [-0.05, 0) is 42.2 Å². The summed E-state index contributed by atoms with van der Waals surface area (Å²) in [5.41, 5.74) is 0.669. The monoisotopic (exact) mass is 358 g/mol. The quantitative estimate of drug-likeness (QED) is 0.702. The second kappa shape index (κ2) is 7.68. The van der Waals surface area contributed by atoms with Crippen molar-refractivity contribution in [2.75, 3.05) is 13.7 Å². The van der Waals surface area contributed by atoms with E-state index in [2.05, 4.69) is 33.9 Å². The van der Waals surface area contributed by atoms with Crippen molar-refractivity contribution in [3.8, 4) is 5.75 Å². The third-order valence-corrected chi connectivity index (χ3v) is 9.39. The average molecular weight is 359 g/mol. The molecule has 4 nitrogen and oxygen atoms in total. The molecule has 0 amide bonds. The molecule has 0 spiro atoms. The number of hydrogen-bond donors (Lipinski definition) is 1. The SMILES string of the molecule is COc1ccc(C(CCO[Si](C)(C)C(C)(C)C)C(=O)O)cc1Cl. The maximum Gasteiger partial charge on any atom is 0.311 e. The molecule has 0 aliphatic rings. The van der Waals surface area contributed by atoms with Gasteiger partial charge < -0.3 is 14.3 Å². The number of benzene rings is 1. The number of carbonyl (C=O) groups is 1. The Hall–Kier alpha value is -1.04. The standard InChI is InChI=1S/C17H27ClO4Si/c1-17(2,3)23(5,6)22-10-9-13(16(19)20)12-7-8-15(21-4)14(18)11-12/h7-8,11,13H,9-10H2,1-6H3,(H,19,20). The summed E-state index contributed by atoms with van der Waals surface area (Å²) >= 11 is 6.10. The maximum absolute atomic E-state index is 11.6. The molecule has 0 saturated carbocycles. The van der Waals surface area contributed by atoms with Gasteiger partial charge in [-0.2, -0.15) is 0 Å². The first-order valence-electron chi connectivity index (χ1n) is 7.70. The van der Waals surface area contributed by atoms with Gasteiger partial charge in [-0.25, -0.2) is 0 Å². The Morgan fingerprint density at radius 3 is 2.39 bits per heavy atom. The normalized spacial score (nSPS) is 13.7. The van der Waals surface area contributed by atoms with Gasteiger partial charge in [0.2, 0.25) is 0 Å². The molecule has 0 fully saturated rings. The van der Waals surface area contributed by atoms with E-state index >= 15 is 0 Å². The van der Waals surface area contributed by atoms with Crippen LogP contribution in [0.25, 0.3) is 0 Å². The highest BCUT2D eigenvalue weighted by Gasteiger charge is 2.37. The Labute approximate surface area is 144 Å². The largest absolute Gasteiger partial charge is 0.495 e. The van der Waals surface area contributed by atoms with Gasteiger partial charge in [0, 0.05) is 6.61 Å². The molecule has 1 aromatic carbocycles. The second-order valence-corrected chi connectivity index (χ2v) is 12.4. The summed E-state index contributed by atoms with van der Waals surface area (Å²) in [5, 5.41) is 10.0. The average Bonchev–Trinajstić information content (AvgIpc) is 2.41. The van der Waals surface area contributed by atoms with Crippen LogP contribution in [0.4, 0.5) is 0 Å². The van der Waals surface area contributed by atoms with Crippen LogP contribution >= 0.6 is 11.6 Å². The molecule has 0 saturated heterocycles. The van der Waals surface area contributed by atoms with Crippen molar-refractivity contribution in [3.63, 3.8) is 0 Å². The fourth-order valence-electron chi connectivity index (χ4n) is 1.98. The van der Waals surface area contributed by atoms with E-state index in [1.165, 1.54) is 7.11 Å². The van der Waals surface area contributed by atoms with Crippen molar-refractivity contribution in [1.82, 2.24) is 0 Å². The molecule has 0 aliphatic carbocycles. The van der Waals surface area contributed by atoms with E-state index in [0.717, 1.165) is 0 Å². The van der Waals surface area contributed by atoms with Crippen LogP contribution in [0.3, 0.4) is 0 Å². The fraction of sp³-hybridized carbons (Fsp3) is 0.588. The van der Waals surface area contributed by atoms with E-state index < -0.39 is 20.2 Å². The number of carboxylic acids is 1. The van der Waals surface area contributed by atoms with Gasteiger partial charge in [-0.1, -0.05) is 38.4 Å². The van der Waals surface area contributed by atoms with Crippen LogP contribution in [0.2, 0.25) is 23.2 Å². The van der Waals surface area contributed by atoms with Gasteiger partial charge >= 0.3 is 5.97 Å². The summed E-state index contributed by atoms with van der Waals surface area (Å²) in [6, 6.07) is 5.10. The highest BCUT2D eigenvalue weighted by molar-refractivity contribution is 6.74. The Bertz CT molecular complexity index is 552. The van der Waals surface area contributed by atoms with Gasteiger partial charge in [0.05, 0.1) is 18.1 Å². The van der Waals surface area contributed by atoms with Crippen molar-refractivity contribution < 1.29 is 19.1 Å². The van der Waals surface area contributed by atoms with E-state index in [1.54, 1.807) is 18.2 Å². The minimum Gasteiger partial charge on any atom is -0.495 e. The molecule has 0 heterocycles. The van der Waals surface area contributed by atoms with Crippen molar-refractivity contribution in [1.29, 1.82) is 0 Å². The Kier molecular flexibility index (Phi) is 6.68. The number of aliphatic carboxylic acids is 1. The highest BCUT2D eigenvalue weighted by atomic mass is 35.5. The van der Waals surface area contributed by atoms with E-state index in [4.69, 9.17) is 20.8 Å². The van der Waals surface area contributed by atoms with E-state index in [9.17, 15) is 9.90 Å². The van der Waals surface area contributed by atoms with Gasteiger partial charge in [-0.3, -0.25) is 4.79 Å². The molecule has 6 heteroatoms. The lowest BCUT2D eigenvalue weighted by atomic mass is 9.96. The summed E-state index contributed by atoms with van der Waals surface area (Å²) in [6.07, 6.45) is 0.421. The molecule has 1 aromatic rings. The first kappa shape index (κ1) is 20.0. The first-order valence-corrected chi connectivity index (χ1v) is 11.0. The smallest absolute Gasteiger partial charge is 0.311 e. The van der Waals surface area contributed by atoms with Crippen LogP contribution in [0.5, 0.6) is 5.75 Å². The number of carboxylic acid groups (broad SMARTS) is 1. The van der Waals surface area contributed by atoms with Crippen LogP contribution in [-0.4, -0.2) is 33.1 Å². The fourth-order valence-corrected chi connectivity index (χ4v) is 3.31. The van der Waals surface area contributed by atoms with Gasteiger partial charge in [0.25, 0.3) is 0 Å². The lowest BCUT2D eigenvalue weighted by molar-refractivity contribution is -0.139. The Morgan fingerprint density at radius 1 is 1.35 bits per heavy atom. The van der Waals surface area contributed by atoms with E-state index in [1.807, 2.05) is 0 Å². The number of ether oxygens (including phenoxy) is 1. The number of hydrogen-bond acceptors (Lipinski definition) is 3. The third-order valence-electron chi connectivity index (χ3n) is 4.55. The molecule has 0 aromatic heterocycles. The molecule has 1 atom stereocenters. The van der Waals surface area contributed by atoms with Crippen LogP contribution in [0, 0.1) is 0 Å². The van der Waals surface area contributed by atoms with E-state index in [0.29, 0.717) is 29.4 Å². The lowest BCUT2D eigenvalue weighted by Gasteiger charge is -2.36. The molecule has 130 valence electrons. The molecular weight excluding hydrogens is 332 g/mol. The molecule has 0 radical (unpaired) electrons. The molecule has 1 rings (SSSR count). The predicted molar refractivity (Wildman–Crippen MR) is 96.1 cm³/mol. The van der Waals surface area contributed by atoms with Crippen molar-refractivity contribution in [2.45, 2.75) is 51.2 Å². The number of rotatable bonds is 7. The van der Waals surface area contributed by atoms with E-state index in [-0.39, 0.29) is 5.04 Å². The zero-order chi connectivity index (χ0) is 17.8. The van der Waals surface area contributed by atoms with Gasteiger partial charge in [0.1, 0.15) is 5.75 Å². The van der Waals surface area contributed by atoms with Gasteiger partial charge in [-0.15, -0.1) is 0 Å². The zero-order valence-electron chi connectivity index (χ0n) is 14.8. The molecular formula is C17H27ClO4Si. The number of halogens is 1. The van der Waals surface area contributed by atoms with Crippen molar-refractivity contribution in [3.05, 3.63) is 28.8 Å². The highest BCUT2D eigenvalue weighted by Crippen LogP contribution is 2.37. The van der Waals surface area contributed by atoms with Gasteiger partial charge in [0.15, 0.2) is 8.32 Å². The van der Waals surface area contributed by atoms with Crippen molar-refractivity contribution >= 4 is 25.9 Å². The minimum atomic E-state index is -1.87. The molecule has 23 heavy (non-hydrogen) atoms. The second-order valence-electron chi connectivity index (χ2n) is 7.18. The lowest BCUT2D eigenvalue weighted by Crippen LogP contribution is -2.41. The molecule has 0 aliphatic heterocycles. The predicted octanol–water partition coefficient (Wildman–Crippen LogP) is 4.93. The molecule has 0 bridgehead atoms. The summed E-state index contributed by atoms with van der Waals surface area (Å²) < 4.78 is 11.2. The minimum absolute atomic E-state index is 0.106. The molecule has 1 N–H and O–H groups in total. The Morgan fingerprint density at radius 2 is 1.96 bits per heavy atom. The topological polar surface area (TPSA) is 55.8 Å². The Balaban J connectivity index is 2.81. The van der Waals surface area contributed by atoms with Crippen LogP contribution in [0.1, 0.15) is 38.7 Å². The zero-order valence-corrected chi connectivity index (χ0v) is 16.5. The third kappa shape index (κ3) is 5.23. The van der Waals surface area contributed by atoms with Crippen LogP contribution < -0.4 is 4.74 Å². The maximum atomic E-state index is 11.6. The first-order chi connectivity index (χ1) is 10.5. The van der Waals surface area contributed by atoms with Crippen LogP contribution in [0.15, 0.2) is 18.2 Å². The summed E-state index contributed by atoms with van der Waals surface area (Å²) in [6.45, 7) is 11.2. The van der Waals surface area contributed by atoms with Crippen LogP contribution in [-0.2, 0) is 9.22 Å². The molecule has 1 unspecified atom stereocenters. The number of methoxy groups -OCH3 is 1. The summed E-state index contributed by atoms with van der Waals surface area (Å²) in [4.78, 5) is 11.6. The summed E-state index contributed by atoms with van der Waals surface area (Å²) in [7, 11) is -0.342. The summed E-state index contributed by atoms with van der Waals surface area (Å²) in [5.74, 6) is -0.967. The van der Waals surface area contributed by atoms with Crippen molar-refractivity contribution in [2.24, 2.45) is 0 Å².